The number of nitrogens with two attached hydrogens (primary N) is 2. The first-order valence-electron chi connectivity index (χ1n) is 24.1. The number of carbonyl (C=O) groups excluding carboxylic acids is 3. The van der Waals surface area contributed by atoms with Crippen molar-refractivity contribution in [1.29, 1.82) is 0 Å². The van der Waals surface area contributed by atoms with Gasteiger partial charge in [-0.25, -0.2) is 14.8 Å². The molecule has 0 spiro atoms. The van der Waals surface area contributed by atoms with E-state index in [2.05, 4.69) is 25.5 Å². The van der Waals surface area contributed by atoms with Crippen LogP contribution in [-0.2, 0) is 9.59 Å². The number of likely N-dealkylation sites (tertiary alicyclic amines) is 1. The van der Waals surface area contributed by atoms with Crippen molar-refractivity contribution in [2.75, 3.05) is 37.6 Å². The number of Topliss-reactive ketones (excluding diaryl/α,β-unsaturated/α-hetero) is 2. The number of aliphatic carboxylic acids is 1. The SMILES string of the molecule is CC(=O)c1c(C2CCN(C(=O)[C@@H](C)O)CC2)nc2c(-c3ccc(-c4ccccc4)nc3)cnn2c1N.CC(=O)c1c(C2CCNCC2)nc2c(-c3ccc(-c4ccccc4)nc3)cnn2c1N.C[C@@H](O)C(=O)O. The van der Waals surface area contributed by atoms with E-state index in [1.54, 1.807) is 34.9 Å². The molecule has 2 aromatic carbocycles. The predicted molar refractivity (Wildman–Crippen MR) is 277 cm³/mol. The third-order valence-electron chi connectivity index (χ3n) is 13.0. The number of rotatable bonds is 10. The molecule has 73 heavy (non-hydrogen) atoms. The number of carbonyl (C=O) groups is 4. The molecule has 376 valence electrons. The quantitative estimate of drug-likeness (QED) is 0.0799. The monoisotopic (exact) mass is 986 g/mol. The number of aromatic nitrogens is 8. The van der Waals surface area contributed by atoms with E-state index < -0.39 is 18.2 Å². The van der Waals surface area contributed by atoms with Gasteiger partial charge < -0.3 is 37.0 Å². The summed E-state index contributed by atoms with van der Waals surface area (Å²) in [5, 5.41) is 37.7. The molecule has 19 heteroatoms. The summed E-state index contributed by atoms with van der Waals surface area (Å²) in [6.07, 6.45) is 7.90. The van der Waals surface area contributed by atoms with E-state index in [-0.39, 0.29) is 35.1 Å². The number of nitrogens with one attached hydrogen (secondary N) is 1. The summed E-state index contributed by atoms with van der Waals surface area (Å²) < 4.78 is 3.08. The molecule has 0 bridgehead atoms. The number of benzene rings is 2. The van der Waals surface area contributed by atoms with Crippen LogP contribution >= 0.6 is 0 Å². The first-order chi connectivity index (χ1) is 35.1. The Bertz CT molecular complexity index is 3250. The molecule has 0 unspecified atom stereocenters. The van der Waals surface area contributed by atoms with Crippen molar-refractivity contribution >= 4 is 46.4 Å². The van der Waals surface area contributed by atoms with Crippen molar-refractivity contribution in [2.45, 2.75) is 77.4 Å². The van der Waals surface area contributed by atoms with Crippen LogP contribution in [0.1, 0.15) is 97.3 Å². The van der Waals surface area contributed by atoms with Gasteiger partial charge in [0.1, 0.15) is 23.8 Å². The second kappa shape index (κ2) is 22.4. The Hall–Kier alpha value is -8.26. The van der Waals surface area contributed by atoms with Crippen LogP contribution in [0, 0.1) is 0 Å². The van der Waals surface area contributed by atoms with Crippen LogP contribution in [0.5, 0.6) is 0 Å². The molecule has 6 aromatic heterocycles. The van der Waals surface area contributed by atoms with E-state index in [1.807, 2.05) is 91.1 Å². The Kier molecular flexibility index (Phi) is 15.7. The number of fused-ring (bicyclic) bond motifs is 2. The van der Waals surface area contributed by atoms with Crippen LogP contribution in [0.15, 0.2) is 110 Å². The first kappa shape index (κ1) is 51.1. The van der Waals surface area contributed by atoms with Crippen molar-refractivity contribution in [3.8, 4) is 44.8 Å². The molecule has 8 heterocycles. The Morgan fingerprint density at radius 3 is 1.36 bits per heavy atom. The van der Waals surface area contributed by atoms with Gasteiger partial charge in [-0.15, -0.1) is 0 Å². The molecule has 2 atom stereocenters. The molecule has 2 fully saturated rings. The number of pyridine rings is 2. The van der Waals surface area contributed by atoms with E-state index in [0.29, 0.717) is 59.9 Å². The van der Waals surface area contributed by atoms with E-state index >= 15 is 0 Å². The number of ketones is 2. The minimum Gasteiger partial charge on any atom is -0.479 e. The maximum Gasteiger partial charge on any atom is 0.332 e. The van der Waals surface area contributed by atoms with Crippen molar-refractivity contribution in [1.82, 2.24) is 49.4 Å². The number of nitrogen functional groups attached to an aromatic ring is 2. The number of hydrogen-bond acceptors (Lipinski definition) is 15. The molecule has 10 rings (SSSR count). The molecular weight excluding hydrogens is 929 g/mol. The molecule has 8 N–H and O–H groups in total. The second-order valence-electron chi connectivity index (χ2n) is 18.1. The van der Waals surface area contributed by atoms with Crippen molar-refractivity contribution < 1.29 is 34.5 Å². The van der Waals surface area contributed by atoms with Gasteiger partial charge in [-0.2, -0.15) is 19.2 Å². The summed E-state index contributed by atoms with van der Waals surface area (Å²) in [7, 11) is 0. The largest absolute Gasteiger partial charge is 0.479 e. The number of nitrogens with zero attached hydrogens (tertiary/aromatic N) is 9. The smallest absolute Gasteiger partial charge is 0.332 e. The van der Waals surface area contributed by atoms with E-state index in [4.69, 9.17) is 31.6 Å². The lowest BCUT2D eigenvalue weighted by Gasteiger charge is -2.33. The highest BCUT2D eigenvalue weighted by molar-refractivity contribution is 6.01. The average molecular weight is 987 g/mol. The molecule has 2 aliphatic heterocycles. The summed E-state index contributed by atoms with van der Waals surface area (Å²) in [4.78, 5) is 67.5. The normalized spacial score (nSPS) is 14.9. The molecule has 0 aliphatic carbocycles. The minimum absolute atomic E-state index is 0.0458. The number of aliphatic hydroxyl groups excluding tert-OH is 2. The Morgan fingerprint density at radius 2 is 1.00 bits per heavy atom. The van der Waals surface area contributed by atoms with Gasteiger partial charge in [-0.1, -0.05) is 72.8 Å². The van der Waals surface area contributed by atoms with Crippen LogP contribution in [-0.4, -0.2) is 121 Å². The van der Waals surface area contributed by atoms with Crippen LogP contribution in [0.4, 0.5) is 11.6 Å². The zero-order chi connectivity index (χ0) is 51.9. The topological polar surface area (TPSA) is 282 Å². The average Bonchev–Trinajstić information content (AvgIpc) is 4.05. The lowest BCUT2D eigenvalue weighted by molar-refractivity contribution is -0.145. The Balaban J connectivity index is 0.000000177. The van der Waals surface area contributed by atoms with Gasteiger partial charge in [0, 0.05) is 70.7 Å². The zero-order valence-electron chi connectivity index (χ0n) is 41.0. The molecule has 1 amide bonds. The van der Waals surface area contributed by atoms with Gasteiger partial charge in [0.2, 0.25) is 0 Å². The van der Waals surface area contributed by atoms with Crippen molar-refractivity contribution in [3.63, 3.8) is 0 Å². The fourth-order valence-corrected chi connectivity index (χ4v) is 9.18. The number of carboxylic acid groups (broad SMARTS) is 1. The highest BCUT2D eigenvalue weighted by Gasteiger charge is 2.32. The second-order valence-corrected chi connectivity index (χ2v) is 18.1. The summed E-state index contributed by atoms with van der Waals surface area (Å²) in [5.41, 5.74) is 23.6. The maximum atomic E-state index is 12.6. The molecular formula is C54H58N12O7. The van der Waals surface area contributed by atoms with Gasteiger partial charge in [0.25, 0.3) is 5.91 Å². The van der Waals surface area contributed by atoms with E-state index in [1.165, 1.54) is 25.3 Å². The first-order valence-corrected chi connectivity index (χ1v) is 24.1. The summed E-state index contributed by atoms with van der Waals surface area (Å²) in [5.74, 6) is -0.958. The van der Waals surface area contributed by atoms with Crippen LogP contribution in [0.3, 0.4) is 0 Å². The zero-order valence-corrected chi connectivity index (χ0v) is 41.0. The fraction of sp³-hybridized carbons (Fsp3) is 0.296. The molecule has 2 saturated heterocycles. The molecule has 2 aliphatic rings. The maximum absolute atomic E-state index is 12.6. The van der Waals surface area contributed by atoms with Crippen molar-refractivity contribution in [3.05, 3.63) is 132 Å². The Labute approximate surface area is 421 Å². The number of anilines is 2. The van der Waals surface area contributed by atoms with Crippen LogP contribution < -0.4 is 16.8 Å². The summed E-state index contributed by atoms with van der Waals surface area (Å²) in [6, 6.07) is 27.9. The van der Waals surface area contributed by atoms with Crippen LogP contribution in [0.25, 0.3) is 56.1 Å². The fourth-order valence-electron chi connectivity index (χ4n) is 9.18. The third-order valence-corrected chi connectivity index (χ3v) is 13.0. The van der Waals surface area contributed by atoms with Gasteiger partial charge in [0.15, 0.2) is 22.9 Å². The van der Waals surface area contributed by atoms with Gasteiger partial charge in [-0.05, 0) is 78.6 Å². The number of carboxylic acids is 1. The molecule has 0 radical (unpaired) electrons. The van der Waals surface area contributed by atoms with Gasteiger partial charge in [0.05, 0.1) is 46.3 Å². The number of amides is 1. The summed E-state index contributed by atoms with van der Waals surface area (Å²) in [6.45, 7) is 8.47. The number of hydrogen-bond donors (Lipinski definition) is 6. The standard InChI is InChI=1S/C27H28N6O3.C24H24N6O.C3H6O3/c1-16(34)23-24(19-10-12-32(13-11-19)27(36)17(2)35)31-26-21(15-30-33(26)25(23)28)20-8-9-22(29-14-20)18-6-4-3-5-7-18;1-15(31)21-22(17-9-11-26-12-10-17)29-24-19(14-28-30(24)23(21)25)18-7-8-20(27-13-18)16-5-3-2-4-6-16;1-2(4)3(5)6/h3-9,14-15,17,19,35H,10-13,28H2,1-2H3;2-8,13-14,17,26H,9-12,25H2,1H3;2,4H,1H3,(H,5,6)/t17-;;2-/m1.1/s1. The van der Waals surface area contributed by atoms with E-state index in [9.17, 15) is 24.3 Å². The number of piperidine rings is 2. The lowest BCUT2D eigenvalue weighted by Crippen LogP contribution is -2.42. The number of aliphatic hydroxyl groups is 2. The van der Waals surface area contributed by atoms with E-state index in [0.717, 1.165) is 76.4 Å². The highest BCUT2D eigenvalue weighted by Crippen LogP contribution is 2.36. The Morgan fingerprint density at radius 1 is 0.589 bits per heavy atom. The lowest BCUT2D eigenvalue weighted by atomic mass is 9.89. The molecule has 8 aromatic rings. The third kappa shape index (κ3) is 11.1. The highest BCUT2D eigenvalue weighted by atomic mass is 16.4. The molecule has 0 saturated carbocycles. The van der Waals surface area contributed by atoms with Crippen molar-refractivity contribution in [2.24, 2.45) is 0 Å². The predicted octanol–water partition coefficient (Wildman–Crippen LogP) is 6.49. The minimum atomic E-state index is -1.23. The van der Waals surface area contributed by atoms with Gasteiger partial charge >= 0.3 is 5.97 Å². The summed E-state index contributed by atoms with van der Waals surface area (Å²) >= 11 is 0. The molecule has 19 nitrogen and oxygen atoms in total. The van der Waals surface area contributed by atoms with Crippen LogP contribution in [0.2, 0.25) is 0 Å². The van der Waals surface area contributed by atoms with Gasteiger partial charge in [-0.3, -0.25) is 24.4 Å².